The first kappa shape index (κ1) is 15.9. The van der Waals surface area contributed by atoms with E-state index in [1.807, 2.05) is 19.1 Å². The average Bonchev–Trinajstić information content (AvgIpc) is 3.05. The van der Waals surface area contributed by atoms with Gasteiger partial charge in [-0.05, 0) is 43.2 Å². The van der Waals surface area contributed by atoms with Crippen LogP contribution in [0.2, 0.25) is 0 Å². The number of guanidine groups is 1. The molecule has 0 radical (unpaired) electrons. The summed E-state index contributed by atoms with van der Waals surface area (Å²) in [5.41, 5.74) is 2.30. The molecule has 0 atom stereocenters. The largest absolute Gasteiger partial charge is 0.494 e. The SMILES string of the molecule is C=C/C(=C\C=C\Cc1ccc(NC2=NCCN2)cc1)OCC. The lowest BCUT2D eigenvalue weighted by atomic mass is 10.1. The summed E-state index contributed by atoms with van der Waals surface area (Å²) < 4.78 is 5.39. The Morgan fingerprint density at radius 3 is 2.86 bits per heavy atom. The van der Waals surface area contributed by atoms with Crippen molar-refractivity contribution in [3.63, 3.8) is 0 Å². The molecule has 4 nitrogen and oxygen atoms in total. The quantitative estimate of drug-likeness (QED) is 0.600. The number of allylic oxidation sites excluding steroid dienone is 4. The van der Waals surface area contributed by atoms with Crippen LogP contribution in [0.4, 0.5) is 5.69 Å². The molecule has 0 aromatic heterocycles. The number of nitrogens with zero attached hydrogens (tertiary/aromatic N) is 1. The topological polar surface area (TPSA) is 45.7 Å². The van der Waals surface area contributed by atoms with Crippen molar-refractivity contribution in [2.75, 3.05) is 25.0 Å². The molecule has 0 aliphatic carbocycles. The van der Waals surface area contributed by atoms with Gasteiger partial charge in [0.2, 0.25) is 0 Å². The van der Waals surface area contributed by atoms with Gasteiger partial charge < -0.3 is 15.4 Å². The van der Waals surface area contributed by atoms with E-state index in [2.05, 4.69) is 52.5 Å². The van der Waals surface area contributed by atoms with E-state index >= 15 is 0 Å². The molecule has 0 saturated carbocycles. The molecule has 0 fully saturated rings. The molecule has 2 N–H and O–H groups in total. The Hall–Kier alpha value is -2.49. The van der Waals surface area contributed by atoms with Crippen LogP contribution in [-0.4, -0.2) is 25.7 Å². The first-order chi connectivity index (χ1) is 10.8. The van der Waals surface area contributed by atoms with Crippen LogP contribution in [0.3, 0.4) is 0 Å². The molecule has 0 unspecified atom stereocenters. The Bertz CT molecular complexity index is 570. The normalized spacial score (nSPS) is 14.6. The first-order valence-corrected chi connectivity index (χ1v) is 7.58. The number of ether oxygens (including phenoxy) is 1. The predicted octanol–water partition coefficient (Wildman–Crippen LogP) is 3.26. The minimum Gasteiger partial charge on any atom is -0.494 e. The highest BCUT2D eigenvalue weighted by Gasteiger charge is 2.04. The standard InChI is InChI=1S/C18H23N3O/c1-3-17(22-4-2)8-6-5-7-15-9-11-16(12-10-15)21-18-19-13-14-20-18/h3,5-6,8-12H,1,4,7,13-14H2,2H3,(H2,19,20,21)/b6-5+,17-8+. The smallest absolute Gasteiger partial charge is 0.195 e. The van der Waals surface area contributed by atoms with Gasteiger partial charge in [-0.25, -0.2) is 0 Å². The summed E-state index contributed by atoms with van der Waals surface area (Å²) in [6.45, 7) is 8.08. The molecule has 0 spiro atoms. The van der Waals surface area contributed by atoms with Gasteiger partial charge in [-0.15, -0.1) is 0 Å². The molecule has 1 heterocycles. The third kappa shape index (κ3) is 5.13. The second-order valence-electron chi connectivity index (χ2n) is 4.82. The van der Waals surface area contributed by atoms with Crippen LogP contribution in [0.5, 0.6) is 0 Å². The summed E-state index contributed by atoms with van der Waals surface area (Å²) in [5.74, 6) is 1.65. The third-order valence-electron chi connectivity index (χ3n) is 3.15. The Morgan fingerprint density at radius 2 is 2.23 bits per heavy atom. The van der Waals surface area contributed by atoms with E-state index in [9.17, 15) is 0 Å². The van der Waals surface area contributed by atoms with Crippen LogP contribution < -0.4 is 10.6 Å². The Balaban J connectivity index is 1.84. The minimum absolute atomic E-state index is 0.653. The van der Waals surface area contributed by atoms with Crippen LogP contribution in [0.15, 0.2) is 65.9 Å². The van der Waals surface area contributed by atoms with Gasteiger partial charge in [0.1, 0.15) is 5.76 Å². The second-order valence-corrected chi connectivity index (χ2v) is 4.82. The van der Waals surface area contributed by atoms with Gasteiger partial charge in [0.15, 0.2) is 5.96 Å². The molecule has 1 aromatic carbocycles. The summed E-state index contributed by atoms with van der Waals surface area (Å²) in [5, 5.41) is 6.44. The summed E-state index contributed by atoms with van der Waals surface area (Å²) in [6, 6.07) is 8.36. The number of anilines is 1. The number of nitrogens with one attached hydrogen (secondary N) is 2. The highest BCUT2D eigenvalue weighted by Crippen LogP contribution is 2.11. The molecular weight excluding hydrogens is 274 g/mol. The number of rotatable bonds is 7. The van der Waals surface area contributed by atoms with Crippen molar-refractivity contribution in [1.29, 1.82) is 0 Å². The van der Waals surface area contributed by atoms with Crippen molar-refractivity contribution < 1.29 is 4.74 Å². The maximum atomic E-state index is 5.39. The van der Waals surface area contributed by atoms with E-state index in [-0.39, 0.29) is 0 Å². The first-order valence-electron chi connectivity index (χ1n) is 7.58. The van der Waals surface area contributed by atoms with Crippen LogP contribution in [0.1, 0.15) is 12.5 Å². The van der Waals surface area contributed by atoms with E-state index in [1.165, 1.54) is 5.56 Å². The zero-order chi connectivity index (χ0) is 15.6. The second kappa shape index (κ2) is 8.72. The van der Waals surface area contributed by atoms with E-state index in [4.69, 9.17) is 4.74 Å². The Labute approximate surface area is 132 Å². The highest BCUT2D eigenvalue weighted by atomic mass is 16.5. The van der Waals surface area contributed by atoms with E-state index < -0.39 is 0 Å². The Kier molecular flexibility index (Phi) is 6.30. The molecule has 4 heteroatoms. The molecule has 0 amide bonds. The fraction of sp³-hybridized carbons (Fsp3) is 0.278. The van der Waals surface area contributed by atoms with Crippen LogP contribution in [0, 0.1) is 0 Å². The van der Waals surface area contributed by atoms with E-state index in [0.29, 0.717) is 6.61 Å². The summed E-state index contributed by atoms with van der Waals surface area (Å²) >= 11 is 0. The van der Waals surface area contributed by atoms with E-state index in [0.717, 1.165) is 36.9 Å². The van der Waals surface area contributed by atoms with Crippen molar-refractivity contribution in [2.24, 2.45) is 4.99 Å². The summed E-state index contributed by atoms with van der Waals surface area (Å²) in [7, 11) is 0. The maximum absolute atomic E-state index is 5.39. The zero-order valence-electron chi connectivity index (χ0n) is 13.0. The third-order valence-corrected chi connectivity index (χ3v) is 3.15. The monoisotopic (exact) mass is 297 g/mol. The van der Waals surface area contributed by atoms with Gasteiger partial charge in [-0.1, -0.05) is 30.9 Å². The van der Waals surface area contributed by atoms with Crippen molar-refractivity contribution in [3.05, 3.63) is 66.5 Å². The number of hydrogen-bond donors (Lipinski definition) is 2. The van der Waals surface area contributed by atoms with E-state index in [1.54, 1.807) is 6.08 Å². The van der Waals surface area contributed by atoms with Crippen molar-refractivity contribution >= 4 is 11.6 Å². The van der Waals surface area contributed by atoms with Crippen LogP contribution in [-0.2, 0) is 11.2 Å². The van der Waals surface area contributed by atoms with Gasteiger partial charge in [0.05, 0.1) is 13.2 Å². The molecular formula is C18H23N3O. The predicted molar refractivity (Wildman–Crippen MR) is 93.1 cm³/mol. The molecule has 1 aliphatic rings. The molecule has 116 valence electrons. The lowest BCUT2D eigenvalue weighted by molar-refractivity contribution is 0.243. The van der Waals surface area contributed by atoms with Gasteiger partial charge in [0.25, 0.3) is 0 Å². The van der Waals surface area contributed by atoms with Gasteiger partial charge >= 0.3 is 0 Å². The minimum atomic E-state index is 0.653. The Morgan fingerprint density at radius 1 is 1.41 bits per heavy atom. The molecule has 1 aromatic rings. The molecule has 22 heavy (non-hydrogen) atoms. The fourth-order valence-corrected chi connectivity index (χ4v) is 2.05. The molecule has 0 bridgehead atoms. The average molecular weight is 297 g/mol. The van der Waals surface area contributed by atoms with Crippen LogP contribution in [0.25, 0.3) is 0 Å². The molecule has 1 aliphatic heterocycles. The van der Waals surface area contributed by atoms with Crippen molar-refractivity contribution in [2.45, 2.75) is 13.3 Å². The van der Waals surface area contributed by atoms with Gasteiger partial charge in [-0.3, -0.25) is 4.99 Å². The molecule has 2 rings (SSSR count). The molecule has 0 saturated heterocycles. The summed E-state index contributed by atoms with van der Waals surface area (Å²) in [6.07, 6.45) is 8.63. The van der Waals surface area contributed by atoms with Crippen molar-refractivity contribution in [3.8, 4) is 0 Å². The lowest BCUT2D eigenvalue weighted by Crippen LogP contribution is -2.26. The zero-order valence-corrected chi connectivity index (χ0v) is 13.0. The fourth-order valence-electron chi connectivity index (χ4n) is 2.05. The number of benzene rings is 1. The van der Waals surface area contributed by atoms with Crippen LogP contribution >= 0.6 is 0 Å². The lowest BCUT2D eigenvalue weighted by Gasteiger charge is -2.06. The van der Waals surface area contributed by atoms with Gasteiger partial charge in [0, 0.05) is 12.2 Å². The van der Waals surface area contributed by atoms with Crippen molar-refractivity contribution in [1.82, 2.24) is 5.32 Å². The highest BCUT2D eigenvalue weighted by molar-refractivity contribution is 5.94. The number of hydrogen-bond acceptors (Lipinski definition) is 4. The number of aliphatic imine (C=N–C) groups is 1. The summed E-state index contributed by atoms with van der Waals surface area (Å²) in [4.78, 5) is 4.31. The van der Waals surface area contributed by atoms with Gasteiger partial charge in [-0.2, -0.15) is 0 Å². The maximum Gasteiger partial charge on any atom is 0.195 e.